The smallest absolute Gasteiger partial charge is 0.490 e. The van der Waals surface area contributed by atoms with Gasteiger partial charge in [0.15, 0.2) is 0 Å². The van der Waals surface area contributed by atoms with Crippen molar-refractivity contribution < 1.29 is 27.6 Å². The molecule has 1 aromatic rings. The van der Waals surface area contributed by atoms with E-state index in [4.69, 9.17) is 0 Å². The minimum Gasteiger partial charge on any atom is -0.490 e. The lowest BCUT2D eigenvalue weighted by molar-refractivity contribution is -0.386. The largest absolute Gasteiger partial charge is 0.574 e. The van der Waals surface area contributed by atoms with Crippen molar-refractivity contribution in [2.45, 2.75) is 11.7 Å². The van der Waals surface area contributed by atoms with Gasteiger partial charge >= 0.3 is 12.0 Å². The zero-order valence-electron chi connectivity index (χ0n) is 8.82. The van der Waals surface area contributed by atoms with Crippen molar-refractivity contribution in [2.75, 3.05) is 7.11 Å². The van der Waals surface area contributed by atoms with E-state index in [1.165, 1.54) is 0 Å². The number of hydrogen-bond donors (Lipinski definition) is 0. The lowest BCUT2D eigenvalue weighted by Crippen LogP contribution is -2.18. The van der Waals surface area contributed by atoms with E-state index in [-0.39, 0.29) is 16.8 Å². The highest BCUT2D eigenvalue weighted by atomic mass is 79.9. The van der Waals surface area contributed by atoms with Crippen molar-refractivity contribution in [2.24, 2.45) is 0 Å². The minimum atomic E-state index is -4.93. The number of nitrogens with zero attached hydrogens (tertiary/aromatic N) is 2. The standard InChI is InChI=1S/C8H6BrF3N2O4/c1-17-5-2-6(18-8(10,11)12)13-4(3-9)7(5)14(15)16/h2H,3H2,1H3. The molecule has 1 heterocycles. The first-order chi connectivity index (χ1) is 8.28. The maximum absolute atomic E-state index is 12.0. The molecule has 6 nitrogen and oxygen atoms in total. The van der Waals surface area contributed by atoms with Gasteiger partial charge in [0.05, 0.1) is 17.4 Å². The topological polar surface area (TPSA) is 74.5 Å². The second-order valence-electron chi connectivity index (χ2n) is 2.90. The number of rotatable bonds is 4. The Kier molecular flexibility index (Phi) is 4.33. The zero-order chi connectivity index (χ0) is 13.9. The Morgan fingerprint density at radius 1 is 1.56 bits per heavy atom. The predicted molar refractivity (Wildman–Crippen MR) is 56.8 cm³/mol. The summed E-state index contributed by atoms with van der Waals surface area (Å²) in [5, 5.41) is 10.6. The second-order valence-corrected chi connectivity index (χ2v) is 3.46. The van der Waals surface area contributed by atoms with Crippen LogP contribution in [-0.4, -0.2) is 23.4 Å². The Labute approximate surface area is 107 Å². The molecule has 10 heteroatoms. The fraction of sp³-hybridized carbons (Fsp3) is 0.375. The fourth-order valence-electron chi connectivity index (χ4n) is 1.16. The molecule has 0 atom stereocenters. The molecular formula is C8H6BrF3N2O4. The predicted octanol–water partition coefficient (Wildman–Crippen LogP) is 2.79. The third kappa shape index (κ3) is 3.45. The highest BCUT2D eigenvalue weighted by molar-refractivity contribution is 9.08. The molecule has 0 amide bonds. The molecule has 0 aliphatic rings. The molecule has 0 saturated carbocycles. The molecule has 0 N–H and O–H groups in total. The molecule has 1 aromatic heterocycles. The molecule has 0 bridgehead atoms. The van der Waals surface area contributed by atoms with Crippen LogP contribution in [0.2, 0.25) is 0 Å². The normalized spacial score (nSPS) is 11.2. The Hall–Kier alpha value is -1.58. The van der Waals surface area contributed by atoms with Crippen LogP contribution in [0.3, 0.4) is 0 Å². The second kappa shape index (κ2) is 5.38. The summed E-state index contributed by atoms with van der Waals surface area (Å²) in [6, 6.07) is 0.706. The molecule has 0 aromatic carbocycles. The van der Waals surface area contributed by atoms with Crippen molar-refractivity contribution in [3.63, 3.8) is 0 Å². The first-order valence-electron chi connectivity index (χ1n) is 4.32. The van der Waals surface area contributed by atoms with Crippen LogP contribution in [0.5, 0.6) is 11.6 Å². The summed E-state index contributed by atoms with van der Waals surface area (Å²) in [6.45, 7) is 0. The van der Waals surface area contributed by atoms with E-state index in [1.807, 2.05) is 0 Å². The van der Waals surface area contributed by atoms with Gasteiger partial charge in [-0.15, -0.1) is 13.2 Å². The summed E-state index contributed by atoms with van der Waals surface area (Å²) >= 11 is 2.89. The van der Waals surface area contributed by atoms with Gasteiger partial charge in [0, 0.05) is 6.07 Å². The molecule has 0 spiro atoms. The minimum absolute atomic E-state index is 0.116. The van der Waals surface area contributed by atoms with E-state index in [1.54, 1.807) is 0 Å². The summed E-state index contributed by atoms with van der Waals surface area (Å²) in [5.41, 5.74) is -0.734. The number of pyridine rings is 1. The molecule has 0 fully saturated rings. The Balaban J connectivity index is 3.30. The summed E-state index contributed by atoms with van der Waals surface area (Å²) < 4.78 is 44.3. The van der Waals surface area contributed by atoms with Crippen molar-refractivity contribution in [1.29, 1.82) is 0 Å². The zero-order valence-corrected chi connectivity index (χ0v) is 10.4. The van der Waals surface area contributed by atoms with Crippen LogP contribution < -0.4 is 9.47 Å². The maximum Gasteiger partial charge on any atom is 0.574 e. The third-order valence-corrected chi connectivity index (χ3v) is 2.29. The van der Waals surface area contributed by atoms with E-state index in [9.17, 15) is 23.3 Å². The van der Waals surface area contributed by atoms with Gasteiger partial charge in [-0.3, -0.25) is 10.1 Å². The van der Waals surface area contributed by atoms with Crippen LogP contribution in [-0.2, 0) is 5.33 Å². The summed E-state index contributed by atoms with van der Waals surface area (Å²) in [7, 11) is 1.09. The quantitative estimate of drug-likeness (QED) is 0.482. The molecular weight excluding hydrogens is 325 g/mol. The first-order valence-corrected chi connectivity index (χ1v) is 5.44. The SMILES string of the molecule is COc1cc(OC(F)(F)F)nc(CBr)c1[N+](=O)[O-]. The summed E-state index contributed by atoms with van der Waals surface area (Å²) in [5.74, 6) is -1.18. The Morgan fingerprint density at radius 3 is 2.56 bits per heavy atom. The third-order valence-electron chi connectivity index (χ3n) is 1.76. The van der Waals surface area contributed by atoms with Gasteiger partial charge in [-0.05, 0) is 0 Å². The van der Waals surface area contributed by atoms with Crippen LogP contribution in [0, 0.1) is 10.1 Å². The number of ether oxygens (including phenoxy) is 2. The number of hydrogen-bond acceptors (Lipinski definition) is 5. The number of alkyl halides is 4. The highest BCUT2D eigenvalue weighted by Crippen LogP contribution is 2.35. The molecule has 0 aliphatic heterocycles. The molecule has 0 unspecified atom stereocenters. The van der Waals surface area contributed by atoms with Gasteiger partial charge in [-0.2, -0.15) is 0 Å². The molecule has 0 radical (unpaired) electrons. The number of nitro groups is 1. The van der Waals surface area contributed by atoms with Crippen LogP contribution >= 0.6 is 15.9 Å². The lowest BCUT2D eigenvalue weighted by Gasteiger charge is -2.10. The van der Waals surface area contributed by atoms with Crippen LogP contribution in [0.4, 0.5) is 18.9 Å². The Morgan fingerprint density at radius 2 is 2.17 bits per heavy atom. The van der Waals surface area contributed by atoms with Gasteiger partial charge in [0.25, 0.3) is 0 Å². The molecule has 0 saturated heterocycles. The maximum atomic E-state index is 12.0. The number of halogens is 4. The van der Waals surface area contributed by atoms with Crippen molar-refractivity contribution >= 4 is 21.6 Å². The van der Waals surface area contributed by atoms with Gasteiger partial charge < -0.3 is 9.47 Å². The average Bonchev–Trinajstić information content (AvgIpc) is 2.24. The van der Waals surface area contributed by atoms with Gasteiger partial charge in [0.1, 0.15) is 5.69 Å². The number of aromatic nitrogens is 1. The van der Waals surface area contributed by atoms with E-state index in [0.717, 1.165) is 7.11 Å². The van der Waals surface area contributed by atoms with Gasteiger partial charge in [-0.25, -0.2) is 4.98 Å². The lowest BCUT2D eigenvalue weighted by atomic mass is 10.3. The fourth-order valence-corrected chi connectivity index (χ4v) is 1.55. The van der Waals surface area contributed by atoms with Crippen molar-refractivity contribution in [3.05, 3.63) is 21.9 Å². The Bertz CT molecular complexity index is 441. The molecule has 1 rings (SSSR count). The van der Waals surface area contributed by atoms with Gasteiger partial charge in [-0.1, -0.05) is 15.9 Å². The van der Waals surface area contributed by atoms with Crippen molar-refractivity contribution in [1.82, 2.24) is 4.98 Å². The molecule has 18 heavy (non-hydrogen) atoms. The molecule has 100 valence electrons. The van der Waals surface area contributed by atoms with E-state index >= 15 is 0 Å². The van der Waals surface area contributed by atoms with Crippen LogP contribution in [0.1, 0.15) is 5.69 Å². The number of methoxy groups -OCH3 is 1. The highest BCUT2D eigenvalue weighted by Gasteiger charge is 2.33. The summed E-state index contributed by atoms with van der Waals surface area (Å²) in [6.07, 6.45) is -4.93. The molecule has 0 aliphatic carbocycles. The first kappa shape index (κ1) is 14.5. The van der Waals surface area contributed by atoms with Crippen LogP contribution in [0.15, 0.2) is 6.07 Å². The van der Waals surface area contributed by atoms with Crippen molar-refractivity contribution in [3.8, 4) is 11.6 Å². The monoisotopic (exact) mass is 330 g/mol. The van der Waals surface area contributed by atoms with Crippen LogP contribution in [0.25, 0.3) is 0 Å². The van der Waals surface area contributed by atoms with E-state index < -0.39 is 22.9 Å². The van der Waals surface area contributed by atoms with E-state index in [2.05, 4.69) is 30.4 Å². The van der Waals surface area contributed by atoms with Gasteiger partial charge in [0.2, 0.25) is 11.6 Å². The summed E-state index contributed by atoms with van der Waals surface area (Å²) in [4.78, 5) is 13.4. The average molecular weight is 331 g/mol. The van der Waals surface area contributed by atoms with E-state index in [0.29, 0.717) is 6.07 Å².